The molecule has 0 aliphatic rings. The molecule has 1 rings (SSSR count). The van der Waals surface area contributed by atoms with Gasteiger partial charge in [-0.25, -0.2) is 14.2 Å². The Morgan fingerprint density at radius 1 is 1.56 bits per heavy atom. The zero-order valence-corrected chi connectivity index (χ0v) is 10.5. The topological polar surface area (TPSA) is 62.7 Å². The van der Waals surface area contributed by atoms with Gasteiger partial charge in [0, 0.05) is 19.7 Å². The predicted molar refractivity (Wildman–Crippen MR) is 65.5 cm³/mol. The van der Waals surface area contributed by atoms with E-state index in [-0.39, 0.29) is 11.4 Å². The second-order valence-corrected chi connectivity index (χ2v) is 3.61. The van der Waals surface area contributed by atoms with Crippen LogP contribution in [0.25, 0.3) is 0 Å². The van der Waals surface area contributed by atoms with Gasteiger partial charge < -0.3 is 14.7 Å². The summed E-state index contributed by atoms with van der Waals surface area (Å²) in [5, 5.41) is 9.04. The molecule has 100 valence electrons. The molecule has 1 aromatic heterocycles. The van der Waals surface area contributed by atoms with Gasteiger partial charge in [0.05, 0.1) is 12.8 Å². The van der Waals surface area contributed by atoms with Crippen LogP contribution in [0, 0.1) is 5.82 Å². The number of anilines is 1. The van der Waals surface area contributed by atoms with Crippen molar-refractivity contribution in [3.8, 4) is 0 Å². The van der Waals surface area contributed by atoms with Gasteiger partial charge in [-0.1, -0.05) is 0 Å². The van der Waals surface area contributed by atoms with Gasteiger partial charge in [-0.3, -0.25) is 0 Å². The van der Waals surface area contributed by atoms with E-state index < -0.39 is 11.8 Å². The lowest BCUT2D eigenvalue weighted by Crippen LogP contribution is -2.29. The second-order valence-electron chi connectivity index (χ2n) is 3.61. The molecule has 18 heavy (non-hydrogen) atoms. The average molecular weight is 256 g/mol. The fraction of sp³-hybridized carbons (Fsp3) is 0.500. The van der Waals surface area contributed by atoms with Gasteiger partial charge in [0.1, 0.15) is 17.2 Å². The summed E-state index contributed by atoms with van der Waals surface area (Å²) in [5.41, 5.74) is -0.131. The molecule has 1 aromatic rings. The first-order chi connectivity index (χ1) is 8.60. The van der Waals surface area contributed by atoms with Crippen LogP contribution in [0.15, 0.2) is 12.3 Å². The van der Waals surface area contributed by atoms with Crippen molar-refractivity contribution >= 4 is 11.8 Å². The maximum absolute atomic E-state index is 13.0. The monoisotopic (exact) mass is 256 g/mol. The van der Waals surface area contributed by atoms with Crippen molar-refractivity contribution in [1.29, 1.82) is 0 Å². The minimum atomic E-state index is -1.19. The quantitative estimate of drug-likeness (QED) is 0.753. The number of rotatable bonds is 7. The van der Waals surface area contributed by atoms with Crippen LogP contribution in [-0.4, -0.2) is 42.4 Å². The van der Waals surface area contributed by atoms with Gasteiger partial charge >= 0.3 is 5.97 Å². The minimum Gasteiger partial charge on any atom is -0.478 e. The zero-order chi connectivity index (χ0) is 13.5. The van der Waals surface area contributed by atoms with Crippen molar-refractivity contribution in [3.05, 3.63) is 23.6 Å². The van der Waals surface area contributed by atoms with E-state index in [1.165, 1.54) is 0 Å². The summed E-state index contributed by atoms with van der Waals surface area (Å²) in [6, 6.07) is 0.980. The Balaban J connectivity index is 2.93. The Morgan fingerprint density at radius 2 is 2.28 bits per heavy atom. The standard InChI is InChI=1S/C12H17FN2O3/c1-3-15(5-6-18-4-2)11-10(12(16)17)7-9(13)8-14-11/h7-8H,3-6H2,1-2H3,(H,16,17). The first kappa shape index (κ1) is 14.4. The highest BCUT2D eigenvalue weighted by atomic mass is 19.1. The highest BCUT2D eigenvalue weighted by Crippen LogP contribution is 2.18. The summed E-state index contributed by atoms with van der Waals surface area (Å²) < 4.78 is 18.2. The van der Waals surface area contributed by atoms with E-state index in [1.807, 2.05) is 13.8 Å². The number of nitrogens with zero attached hydrogens (tertiary/aromatic N) is 2. The Bertz CT molecular complexity index is 412. The molecule has 1 N–H and O–H groups in total. The Labute approximate surface area is 105 Å². The molecule has 0 saturated heterocycles. The number of carboxylic acids is 1. The number of hydrogen-bond donors (Lipinski definition) is 1. The van der Waals surface area contributed by atoms with Crippen molar-refractivity contribution in [3.63, 3.8) is 0 Å². The van der Waals surface area contributed by atoms with E-state index in [4.69, 9.17) is 9.84 Å². The van der Waals surface area contributed by atoms with E-state index in [2.05, 4.69) is 4.98 Å². The number of aromatic nitrogens is 1. The lowest BCUT2D eigenvalue weighted by molar-refractivity contribution is 0.0696. The summed E-state index contributed by atoms with van der Waals surface area (Å²) in [4.78, 5) is 16.7. The molecule has 0 unspecified atom stereocenters. The number of carbonyl (C=O) groups is 1. The number of ether oxygens (including phenoxy) is 1. The van der Waals surface area contributed by atoms with Gasteiger partial charge in [-0.2, -0.15) is 0 Å². The molecule has 5 nitrogen and oxygen atoms in total. The first-order valence-corrected chi connectivity index (χ1v) is 5.81. The van der Waals surface area contributed by atoms with E-state index in [0.717, 1.165) is 12.3 Å². The van der Waals surface area contributed by atoms with Crippen LogP contribution in [-0.2, 0) is 4.74 Å². The number of halogens is 1. The number of likely N-dealkylation sites (N-methyl/N-ethyl adjacent to an activating group) is 1. The van der Waals surface area contributed by atoms with Gasteiger partial charge in [0.15, 0.2) is 0 Å². The van der Waals surface area contributed by atoms with E-state index in [9.17, 15) is 9.18 Å². The summed E-state index contributed by atoms with van der Waals surface area (Å²) in [7, 11) is 0. The van der Waals surface area contributed by atoms with Gasteiger partial charge in [0.2, 0.25) is 0 Å². The van der Waals surface area contributed by atoms with Crippen LogP contribution >= 0.6 is 0 Å². The summed E-state index contributed by atoms with van der Waals surface area (Å²) in [6.07, 6.45) is 1.02. The smallest absolute Gasteiger partial charge is 0.339 e. The molecule has 0 fully saturated rings. The predicted octanol–water partition coefficient (Wildman–Crippen LogP) is 1.78. The molecule has 6 heteroatoms. The third-order valence-corrected chi connectivity index (χ3v) is 2.45. The highest BCUT2D eigenvalue weighted by molar-refractivity contribution is 5.93. The number of carboxylic acid groups (broad SMARTS) is 1. The van der Waals surface area contributed by atoms with Crippen molar-refractivity contribution < 1.29 is 19.0 Å². The van der Waals surface area contributed by atoms with Crippen LogP contribution in [0.2, 0.25) is 0 Å². The van der Waals surface area contributed by atoms with Crippen molar-refractivity contribution in [1.82, 2.24) is 4.98 Å². The fourth-order valence-electron chi connectivity index (χ4n) is 1.57. The number of pyridine rings is 1. The molecular formula is C12H17FN2O3. The van der Waals surface area contributed by atoms with Crippen LogP contribution in [0.5, 0.6) is 0 Å². The summed E-state index contributed by atoms with van der Waals surface area (Å²) in [6.45, 7) is 5.93. The molecule has 0 aromatic carbocycles. The first-order valence-electron chi connectivity index (χ1n) is 5.81. The summed E-state index contributed by atoms with van der Waals surface area (Å²) >= 11 is 0. The number of aromatic carboxylic acids is 1. The SMILES string of the molecule is CCOCCN(CC)c1ncc(F)cc1C(=O)O. The molecule has 0 spiro atoms. The second kappa shape index (κ2) is 6.90. The summed E-state index contributed by atoms with van der Waals surface area (Å²) in [5.74, 6) is -1.57. The van der Waals surface area contributed by atoms with Gasteiger partial charge in [0.25, 0.3) is 0 Å². The normalized spacial score (nSPS) is 10.4. The maximum atomic E-state index is 13.0. The van der Waals surface area contributed by atoms with Crippen LogP contribution in [0.4, 0.5) is 10.2 Å². The van der Waals surface area contributed by atoms with Gasteiger partial charge in [-0.05, 0) is 19.9 Å². The average Bonchev–Trinajstić information content (AvgIpc) is 2.35. The molecule has 0 bridgehead atoms. The van der Waals surface area contributed by atoms with Crippen molar-refractivity contribution in [2.45, 2.75) is 13.8 Å². The zero-order valence-electron chi connectivity index (χ0n) is 10.5. The molecule has 0 saturated carbocycles. The van der Waals surface area contributed by atoms with E-state index in [1.54, 1.807) is 4.90 Å². The third kappa shape index (κ3) is 3.66. The van der Waals surface area contributed by atoms with Crippen LogP contribution in [0.1, 0.15) is 24.2 Å². The molecule has 0 aliphatic carbocycles. The fourth-order valence-corrected chi connectivity index (χ4v) is 1.57. The molecule has 0 amide bonds. The maximum Gasteiger partial charge on any atom is 0.339 e. The highest BCUT2D eigenvalue weighted by Gasteiger charge is 2.17. The van der Waals surface area contributed by atoms with Crippen molar-refractivity contribution in [2.75, 3.05) is 31.2 Å². The largest absolute Gasteiger partial charge is 0.478 e. The third-order valence-electron chi connectivity index (χ3n) is 2.45. The molecular weight excluding hydrogens is 239 g/mol. The van der Waals surface area contributed by atoms with Crippen LogP contribution < -0.4 is 4.90 Å². The molecule has 0 atom stereocenters. The van der Waals surface area contributed by atoms with Crippen molar-refractivity contribution in [2.24, 2.45) is 0 Å². The lowest BCUT2D eigenvalue weighted by atomic mass is 10.2. The molecule has 1 heterocycles. The van der Waals surface area contributed by atoms with Crippen LogP contribution in [0.3, 0.4) is 0 Å². The Kier molecular flexibility index (Phi) is 5.51. The Hall–Kier alpha value is -1.69. The minimum absolute atomic E-state index is 0.131. The van der Waals surface area contributed by atoms with Gasteiger partial charge in [-0.15, -0.1) is 0 Å². The Morgan fingerprint density at radius 3 is 2.83 bits per heavy atom. The lowest BCUT2D eigenvalue weighted by Gasteiger charge is -2.23. The van der Waals surface area contributed by atoms with E-state index >= 15 is 0 Å². The number of hydrogen-bond acceptors (Lipinski definition) is 4. The van der Waals surface area contributed by atoms with E-state index in [0.29, 0.717) is 26.3 Å². The molecule has 0 radical (unpaired) electrons. The molecule has 0 aliphatic heterocycles.